The summed E-state index contributed by atoms with van der Waals surface area (Å²) in [5, 5.41) is 7.25. The van der Waals surface area contributed by atoms with Crippen molar-refractivity contribution in [3.63, 3.8) is 0 Å². The minimum atomic E-state index is -0.236. The Kier molecular flexibility index (Phi) is 5.43. The lowest BCUT2D eigenvalue weighted by Crippen LogP contribution is -2.36. The van der Waals surface area contributed by atoms with Crippen molar-refractivity contribution < 1.29 is 4.79 Å². The maximum Gasteiger partial charge on any atom is 0.269 e. The molecule has 1 amide bonds. The lowest BCUT2D eigenvalue weighted by atomic mass is 10.1. The van der Waals surface area contributed by atoms with Crippen LogP contribution in [0.1, 0.15) is 24.3 Å². The van der Waals surface area contributed by atoms with Crippen LogP contribution in [-0.2, 0) is 11.3 Å². The molecule has 0 radical (unpaired) electrons. The summed E-state index contributed by atoms with van der Waals surface area (Å²) in [6.45, 7) is 3.78. The first-order chi connectivity index (χ1) is 13.6. The molecule has 0 unspecified atom stereocenters. The predicted molar refractivity (Wildman–Crippen MR) is 109 cm³/mol. The number of carbonyl (C=O) groups is 1. The Morgan fingerprint density at radius 3 is 2.79 bits per heavy atom. The fourth-order valence-electron chi connectivity index (χ4n) is 3.83. The number of hydrogen-bond donors (Lipinski definition) is 1. The van der Waals surface area contributed by atoms with Gasteiger partial charge in [0.15, 0.2) is 0 Å². The molecule has 2 atom stereocenters. The van der Waals surface area contributed by atoms with E-state index in [2.05, 4.69) is 39.4 Å². The molecule has 7 nitrogen and oxygen atoms in total. The number of benzene rings is 1. The SMILES string of the molecule is CN1CCCN(c2cnn(CC(=O)N[C@@H]3C[C@H]3c3ccccc3)c(=O)c2)CC1. The van der Waals surface area contributed by atoms with Gasteiger partial charge >= 0.3 is 0 Å². The van der Waals surface area contributed by atoms with Gasteiger partial charge in [-0.25, -0.2) is 4.68 Å². The van der Waals surface area contributed by atoms with Crippen LogP contribution in [0.3, 0.4) is 0 Å². The highest BCUT2D eigenvalue weighted by Crippen LogP contribution is 2.40. The summed E-state index contributed by atoms with van der Waals surface area (Å²) in [5.74, 6) is 0.209. The van der Waals surface area contributed by atoms with Crippen LogP contribution in [0.5, 0.6) is 0 Å². The normalized spacial score (nSPS) is 22.5. The molecule has 1 saturated carbocycles. The van der Waals surface area contributed by atoms with Gasteiger partial charge in [-0.1, -0.05) is 30.3 Å². The summed E-state index contributed by atoms with van der Waals surface area (Å²) in [5.41, 5.74) is 1.85. The molecule has 148 valence electrons. The number of nitrogens with one attached hydrogen (secondary N) is 1. The van der Waals surface area contributed by atoms with Crippen LogP contribution in [0, 0.1) is 0 Å². The molecule has 1 aliphatic heterocycles. The number of nitrogens with zero attached hydrogens (tertiary/aromatic N) is 4. The molecule has 1 aromatic carbocycles. The van der Waals surface area contributed by atoms with Crippen LogP contribution in [-0.4, -0.2) is 59.9 Å². The molecular weight excluding hydrogens is 354 g/mol. The molecule has 2 aliphatic rings. The Bertz CT molecular complexity index is 882. The van der Waals surface area contributed by atoms with Crippen molar-refractivity contribution in [2.24, 2.45) is 0 Å². The van der Waals surface area contributed by atoms with E-state index in [1.807, 2.05) is 18.2 Å². The van der Waals surface area contributed by atoms with Gasteiger partial charge in [-0.05, 0) is 32.0 Å². The van der Waals surface area contributed by atoms with Crippen LogP contribution in [0.4, 0.5) is 5.69 Å². The number of amides is 1. The van der Waals surface area contributed by atoms with Crippen molar-refractivity contribution in [2.75, 3.05) is 38.1 Å². The average molecular weight is 381 g/mol. The van der Waals surface area contributed by atoms with E-state index in [1.54, 1.807) is 12.3 Å². The highest BCUT2D eigenvalue weighted by molar-refractivity contribution is 5.76. The molecule has 0 spiro atoms. The van der Waals surface area contributed by atoms with E-state index in [0.29, 0.717) is 5.92 Å². The van der Waals surface area contributed by atoms with Gasteiger partial charge in [0, 0.05) is 37.7 Å². The van der Waals surface area contributed by atoms with Crippen molar-refractivity contribution in [3.8, 4) is 0 Å². The molecule has 1 N–H and O–H groups in total. The van der Waals surface area contributed by atoms with E-state index in [4.69, 9.17) is 0 Å². The molecule has 2 aromatic rings. The minimum Gasteiger partial charge on any atom is -0.369 e. The van der Waals surface area contributed by atoms with Crippen molar-refractivity contribution in [2.45, 2.75) is 31.3 Å². The Morgan fingerprint density at radius 1 is 1.18 bits per heavy atom. The summed E-state index contributed by atoms with van der Waals surface area (Å²) < 4.78 is 1.24. The molecule has 0 bridgehead atoms. The standard InChI is InChI=1S/C21H27N5O2/c1-24-8-5-9-25(11-10-24)17-12-21(28)26(22-14-17)15-20(27)23-19-13-18(19)16-6-3-2-4-7-16/h2-4,6-7,12,14,18-19H,5,8-11,13,15H2,1H3,(H,23,27)/t18-,19+/m0/s1. The van der Waals surface area contributed by atoms with Crippen molar-refractivity contribution in [3.05, 3.63) is 58.5 Å². The molecule has 1 aliphatic carbocycles. The second kappa shape index (κ2) is 8.14. The maximum absolute atomic E-state index is 12.4. The second-order valence-electron chi connectivity index (χ2n) is 7.78. The molecule has 1 aromatic heterocycles. The number of likely N-dealkylation sites (N-methyl/N-ethyl adjacent to an activating group) is 1. The number of carbonyl (C=O) groups excluding carboxylic acids is 1. The van der Waals surface area contributed by atoms with E-state index in [1.165, 1.54) is 10.2 Å². The minimum absolute atomic E-state index is 0.0418. The van der Waals surface area contributed by atoms with E-state index < -0.39 is 0 Å². The zero-order chi connectivity index (χ0) is 19.5. The average Bonchev–Trinajstić information content (AvgIpc) is 3.48. The van der Waals surface area contributed by atoms with Crippen LogP contribution >= 0.6 is 0 Å². The third-order valence-corrected chi connectivity index (χ3v) is 5.60. The first-order valence-corrected chi connectivity index (χ1v) is 9.95. The number of aromatic nitrogens is 2. The monoisotopic (exact) mass is 381 g/mol. The van der Waals surface area contributed by atoms with Gasteiger partial charge in [-0.2, -0.15) is 5.10 Å². The first kappa shape index (κ1) is 18.7. The Morgan fingerprint density at radius 2 is 2.00 bits per heavy atom. The smallest absolute Gasteiger partial charge is 0.269 e. The molecule has 2 heterocycles. The van der Waals surface area contributed by atoms with Gasteiger partial charge in [-0.3, -0.25) is 9.59 Å². The largest absolute Gasteiger partial charge is 0.369 e. The quantitative estimate of drug-likeness (QED) is 0.839. The van der Waals surface area contributed by atoms with E-state index in [0.717, 1.165) is 44.7 Å². The van der Waals surface area contributed by atoms with Crippen LogP contribution in [0.15, 0.2) is 47.4 Å². The summed E-state index contributed by atoms with van der Waals surface area (Å²) in [4.78, 5) is 29.3. The van der Waals surface area contributed by atoms with Gasteiger partial charge in [0.1, 0.15) is 6.54 Å². The van der Waals surface area contributed by atoms with E-state index >= 15 is 0 Å². The van der Waals surface area contributed by atoms with Crippen LogP contribution in [0.2, 0.25) is 0 Å². The van der Waals surface area contributed by atoms with Crippen molar-refractivity contribution in [1.29, 1.82) is 0 Å². The summed E-state index contributed by atoms with van der Waals surface area (Å²) >= 11 is 0. The van der Waals surface area contributed by atoms with Gasteiger partial charge in [0.05, 0.1) is 11.9 Å². The molecule has 1 saturated heterocycles. The summed E-state index contributed by atoms with van der Waals surface area (Å²) in [6.07, 6.45) is 3.70. The highest BCUT2D eigenvalue weighted by Gasteiger charge is 2.39. The first-order valence-electron chi connectivity index (χ1n) is 9.95. The lowest BCUT2D eigenvalue weighted by Gasteiger charge is -2.22. The van der Waals surface area contributed by atoms with Crippen LogP contribution in [0.25, 0.3) is 0 Å². The van der Waals surface area contributed by atoms with Crippen molar-refractivity contribution >= 4 is 11.6 Å². The van der Waals surface area contributed by atoms with Crippen LogP contribution < -0.4 is 15.8 Å². The van der Waals surface area contributed by atoms with Gasteiger partial charge < -0.3 is 15.1 Å². The van der Waals surface area contributed by atoms with Gasteiger partial charge in [-0.15, -0.1) is 0 Å². The third kappa shape index (κ3) is 4.42. The Balaban J connectivity index is 1.34. The molecule has 7 heteroatoms. The Hall–Kier alpha value is -2.67. The molecular formula is C21H27N5O2. The van der Waals surface area contributed by atoms with Crippen molar-refractivity contribution in [1.82, 2.24) is 20.0 Å². The summed E-state index contributed by atoms with van der Waals surface area (Å²) in [6, 6.07) is 11.9. The maximum atomic E-state index is 12.4. The third-order valence-electron chi connectivity index (χ3n) is 5.60. The Labute approximate surface area is 165 Å². The summed E-state index contributed by atoms with van der Waals surface area (Å²) in [7, 11) is 2.11. The highest BCUT2D eigenvalue weighted by atomic mass is 16.2. The van der Waals surface area contributed by atoms with Gasteiger partial charge in [0.2, 0.25) is 5.91 Å². The van der Waals surface area contributed by atoms with Gasteiger partial charge in [0.25, 0.3) is 5.56 Å². The topological polar surface area (TPSA) is 70.5 Å². The molecule has 2 fully saturated rings. The fraction of sp³-hybridized carbons (Fsp3) is 0.476. The lowest BCUT2D eigenvalue weighted by molar-refractivity contribution is -0.122. The predicted octanol–water partition coefficient (Wildman–Crippen LogP) is 1.06. The zero-order valence-electron chi connectivity index (χ0n) is 16.3. The number of hydrogen-bond acceptors (Lipinski definition) is 5. The van der Waals surface area contributed by atoms with E-state index in [-0.39, 0.29) is 24.1 Å². The molecule has 28 heavy (non-hydrogen) atoms. The molecule has 4 rings (SSSR count). The fourth-order valence-corrected chi connectivity index (χ4v) is 3.83. The zero-order valence-corrected chi connectivity index (χ0v) is 16.3. The van der Waals surface area contributed by atoms with E-state index in [9.17, 15) is 9.59 Å². The number of rotatable bonds is 5. The number of anilines is 1. The second-order valence-corrected chi connectivity index (χ2v) is 7.78.